The lowest BCUT2D eigenvalue weighted by molar-refractivity contribution is -0.386. The number of nitro benzene ring substituents is 2. The molecule has 13 nitrogen and oxygen atoms in total. The summed E-state index contributed by atoms with van der Waals surface area (Å²) in [6.45, 7) is 9.28. The van der Waals surface area contributed by atoms with E-state index in [1.165, 1.54) is 0 Å². The van der Waals surface area contributed by atoms with E-state index in [9.17, 15) is 41.9 Å². The van der Waals surface area contributed by atoms with Crippen molar-refractivity contribution in [3.63, 3.8) is 0 Å². The van der Waals surface area contributed by atoms with Gasteiger partial charge in [-0.3, -0.25) is 25.0 Å². The molecule has 0 aliphatic heterocycles. The molecule has 1 aliphatic carbocycles. The van der Waals surface area contributed by atoms with Gasteiger partial charge in [-0.1, -0.05) is 0 Å². The first-order valence-corrected chi connectivity index (χ1v) is 13.4. The Balaban J connectivity index is 2.37. The van der Waals surface area contributed by atoms with Crippen LogP contribution in [-0.2, 0) is 20.0 Å². The van der Waals surface area contributed by atoms with Crippen LogP contribution in [0.4, 0.5) is 11.4 Å². The van der Waals surface area contributed by atoms with Gasteiger partial charge in [0.15, 0.2) is 5.78 Å². The lowest BCUT2D eigenvalue weighted by Crippen LogP contribution is -2.40. The van der Waals surface area contributed by atoms with Gasteiger partial charge in [-0.25, -0.2) is 26.3 Å². The van der Waals surface area contributed by atoms with E-state index >= 15 is 0 Å². The number of hydrogen-bond acceptors (Lipinski definition) is 9. The summed E-state index contributed by atoms with van der Waals surface area (Å²) < 4.78 is 56.1. The smallest absolute Gasteiger partial charge is 0.279 e. The number of sulfonamides is 2. The van der Waals surface area contributed by atoms with Crippen molar-refractivity contribution in [2.45, 2.75) is 62.4 Å². The highest BCUT2D eigenvalue weighted by atomic mass is 32.2. The van der Waals surface area contributed by atoms with Crippen molar-refractivity contribution < 1.29 is 31.5 Å². The Hall–Kier alpha value is -3.27. The Kier molecular flexibility index (Phi) is 6.37. The van der Waals surface area contributed by atoms with Gasteiger partial charge in [-0.05, 0) is 53.7 Å². The van der Waals surface area contributed by atoms with Crippen molar-refractivity contribution >= 4 is 37.2 Å². The fourth-order valence-corrected chi connectivity index (χ4v) is 6.68. The Morgan fingerprint density at radius 1 is 0.667 bits per heavy atom. The molecule has 2 aromatic carbocycles. The standard InChI is InChI=1S/C21H24N4O9S2/c1-20(2,3)22-35(31,32)11-7-13-17(15(9-11)24(27)28)18-14(19(13)26)8-12(10-16(18)25(29)30)36(33,34)23-21(4,5)6/h7-10,22-23H,1-6H3. The molecule has 2 aromatic rings. The summed E-state index contributed by atoms with van der Waals surface area (Å²) >= 11 is 0. The minimum absolute atomic E-state index is 0.450. The predicted octanol–water partition coefficient (Wildman–Crippen LogP) is 2.87. The van der Waals surface area contributed by atoms with Crippen LogP contribution in [0.1, 0.15) is 57.5 Å². The second-order valence-corrected chi connectivity index (χ2v) is 13.6. The first-order valence-electron chi connectivity index (χ1n) is 10.4. The van der Waals surface area contributed by atoms with Crippen LogP contribution in [0.2, 0.25) is 0 Å². The number of nitrogens with one attached hydrogen (secondary N) is 2. The number of benzene rings is 2. The largest absolute Gasteiger partial charge is 0.289 e. The monoisotopic (exact) mass is 540 g/mol. The maximum absolute atomic E-state index is 13.3. The fourth-order valence-electron chi connectivity index (χ4n) is 3.75. The molecule has 0 fully saturated rings. The molecule has 0 heterocycles. The Morgan fingerprint density at radius 2 is 0.972 bits per heavy atom. The molecular formula is C21H24N4O9S2. The Bertz CT molecular complexity index is 1430. The van der Waals surface area contributed by atoms with E-state index in [1.54, 1.807) is 41.5 Å². The lowest BCUT2D eigenvalue weighted by Gasteiger charge is -2.20. The molecule has 0 saturated heterocycles. The average Bonchev–Trinajstić information content (AvgIpc) is 2.95. The first-order chi connectivity index (χ1) is 16.1. The number of nitro groups is 2. The van der Waals surface area contributed by atoms with Crippen molar-refractivity contribution in [1.82, 2.24) is 9.44 Å². The highest BCUT2D eigenvalue weighted by Crippen LogP contribution is 2.49. The van der Waals surface area contributed by atoms with E-state index in [0.29, 0.717) is 12.1 Å². The summed E-state index contributed by atoms with van der Waals surface area (Å²) in [5.74, 6) is -0.980. The number of carbonyl (C=O) groups excluding carboxylic acids is 1. The van der Waals surface area contributed by atoms with Crippen LogP contribution in [0.3, 0.4) is 0 Å². The van der Waals surface area contributed by atoms with Crippen molar-refractivity contribution in [2.75, 3.05) is 0 Å². The molecule has 2 N–H and O–H groups in total. The van der Waals surface area contributed by atoms with Crippen molar-refractivity contribution in [3.8, 4) is 11.1 Å². The number of fused-ring (bicyclic) bond motifs is 3. The average molecular weight is 541 g/mol. The van der Waals surface area contributed by atoms with Crippen LogP contribution in [0, 0.1) is 20.2 Å². The van der Waals surface area contributed by atoms with Gasteiger partial charge in [0.2, 0.25) is 20.0 Å². The third kappa shape index (κ3) is 5.13. The summed E-state index contributed by atoms with van der Waals surface area (Å²) in [6.07, 6.45) is 0. The van der Waals surface area contributed by atoms with Gasteiger partial charge >= 0.3 is 0 Å². The molecule has 194 valence electrons. The number of rotatable bonds is 6. The second kappa shape index (κ2) is 8.40. The molecule has 0 aromatic heterocycles. The molecule has 36 heavy (non-hydrogen) atoms. The molecule has 0 bridgehead atoms. The van der Waals surface area contributed by atoms with Crippen molar-refractivity contribution in [1.29, 1.82) is 0 Å². The molecule has 1 aliphatic rings. The maximum atomic E-state index is 13.3. The van der Waals surface area contributed by atoms with Crippen LogP contribution >= 0.6 is 0 Å². The van der Waals surface area contributed by atoms with Gasteiger partial charge in [0.1, 0.15) is 0 Å². The van der Waals surface area contributed by atoms with Crippen LogP contribution in [0.25, 0.3) is 11.1 Å². The van der Waals surface area contributed by atoms with Gasteiger partial charge in [0.05, 0.1) is 30.8 Å². The molecule has 0 unspecified atom stereocenters. The van der Waals surface area contributed by atoms with E-state index in [1.807, 2.05) is 0 Å². The summed E-state index contributed by atoms with van der Waals surface area (Å²) in [7, 11) is -8.66. The topological polar surface area (TPSA) is 196 Å². The van der Waals surface area contributed by atoms with Crippen molar-refractivity contribution in [2.24, 2.45) is 0 Å². The highest BCUT2D eigenvalue weighted by Gasteiger charge is 2.42. The van der Waals surface area contributed by atoms with E-state index in [4.69, 9.17) is 0 Å². The molecule has 0 radical (unpaired) electrons. The van der Waals surface area contributed by atoms with Gasteiger partial charge in [-0.15, -0.1) is 0 Å². The molecule has 0 atom stereocenters. The third-order valence-electron chi connectivity index (χ3n) is 4.82. The van der Waals surface area contributed by atoms with Gasteiger partial charge < -0.3 is 0 Å². The number of ketones is 1. The Labute approximate surface area is 207 Å². The molecular weight excluding hydrogens is 516 g/mol. The normalized spacial score (nSPS) is 13.9. The van der Waals surface area contributed by atoms with Crippen molar-refractivity contribution in [3.05, 3.63) is 55.6 Å². The zero-order valence-electron chi connectivity index (χ0n) is 20.2. The summed E-state index contributed by atoms with van der Waals surface area (Å²) in [5.41, 5.74) is -5.43. The van der Waals surface area contributed by atoms with Gasteiger partial charge in [0.25, 0.3) is 11.4 Å². The molecule has 0 spiro atoms. The summed E-state index contributed by atoms with van der Waals surface area (Å²) in [4.78, 5) is 34.0. The van der Waals surface area contributed by atoms with Gasteiger partial charge in [0, 0.05) is 34.3 Å². The number of carbonyl (C=O) groups is 1. The van der Waals surface area contributed by atoms with E-state index < -0.39 is 90.2 Å². The highest BCUT2D eigenvalue weighted by molar-refractivity contribution is 7.89. The van der Waals surface area contributed by atoms with E-state index in [-0.39, 0.29) is 0 Å². The quantitative estimate of drug-likeness (QED) is 0.349. The maximum Gasteiger partial charge on any atom is 0.279 e. The van der Waals surface area contributed by atoms with Crippen LogP contribution in [0.5, 0.6) is 0 Å². The minimum Gasteiger partial charge on any atom is -0.289 e. The van der Waals surface area contributed by atoms with E-state index in [0.717, 1.165) is 12.1 Å². The molecule has 0 saturated carbocycles. The number of hydrogen-bond donors (Lipinski definition) is 2. The molecule has 3 rings (SSSR count). The molecule has 0 amide bonds. The minimum atomic E-state index is -4.33. The SMILES string of the molecule is CC(C)(C)NS(=O)(=O)c1cc2c(c([N+](=O)[O-])c1)-c1c(cc(S(=O)(=O)NC(C)(C)C)cc1[N+](=O)[O-])C2=O. The van der Waals surface area contributed by atoms with Gasteiger partial charge in [-0.2, -0.15) is 0 Å². The predicted molar refractivity (Wildman–Crippen MR) is 129 cm³/mol. The van der Waals surface area contributed by atoms with Crippen LogP contribution < -0.4 is 9.44 Å². The molecule has 15 heteroatoms. The lowest BCUT2D eigenvalue weighted by atomic mass is 10.0. The number of nitrogens with zero attached hydrogens (tertiary/aromatic N) is 2. The first kappa shape index (κ1) is 27.3. The summed E-state index contributed by atoms with van der Waals surface area (Å²) in [5, 5.41) is 23.8. The van der Waals surface area contributed by atoms with Crippen LogP contribution in [-0.4, -0.2) is 43.5 Å². The third-order valence-corrected chi connectivity index (χ3v) is 8.29. The van der Waals surface area contributed by atoms with Crippen LogP contribution in [0.15, 0.2) is 34.1 Å². The fraction of sp³-hybridized carbons (Fsp3) is 0.381. The second-order valence-electron chi connectivity index (χ2n) is 10.3. The Morgan fingerprint density at radius 3 is 1.22 bits per heavy atom. The zero-order chi connectivity index (χ0) is 27.6. The van der Waals surface area contributed by atoms with E-state index in [2.05, 4.69) is 9.44 Å². The summed E-state index contributed by atoms with van der Waals surface area (Å²) in [6, 6.07) is 3.21. The zero-order valence-corrected chi connectivity index (χ0v) is 21.8.